The van der Waals surface area contributed by atoms with Gasteiger partial charge in [-0.15, -0.1) is 0 Å². The quantitative estimate of drug-likeness (QED) is 0.431. The Balaban J connectivity index is 2.07. The molecule has 5 nitrogen and oxygen atoms in total. The first-order valence-electron chi connectivity index (χ1n) is 7.80. The molecule has 1 aromatic rings. The molecule has 0 bridgehead atoms. The lowest BCUT2D eigenvalue weighted by atomic mass is 10.0. The Morgan fingerprint density at radius 1 is 1.46 bits per heavy atom. The minimum atomic E-state index is -0.594. The molecule has 0 aliphatic carbocycles. The Kier molecular flexibility index (Phi) is 6.36. The summed E-state index contributed by atoms with van der Waals surface area (Å²) in [7, 11) is 0. The lowest BCUT2D eigenvalue weighted by Crippen LogP contribution is -2.54. The van der Waals surface area contributed by atoms with Crippen molar-refractivity contribution in [2.24, 2.45) is 0 Å². The number of thiocarbonyl (C=S) groups is 1. The average Bonchev–Trinajstić information content (AvgIpc) is 2.76. The number of urea groups is 1. The summed E-state index contributed by atoms with van der Waals surface area (Å²) in [6, 6.07) is 6.12. The molecule has 132 valence electrons. The second-order valence-corrected chi connectivity index (χ2v) is 8.33. The Morgan fingerprint density at radius 3 is 2.67 bits per heavy atom. The van der Waals surface area contributed by atoms with Crippen LogP contribution < -0.4 is 5.32 Å². The third-order valence-corrected chi connectivity index (χ3v) is 6.18. The summed E-state index contributed by atoms with van der Waals surface area (Å²) in [6.07, 6.45) is 2.07. The topological polar surface area (TPSA) is 55.8 Å². The van der Waals surface area contributed by atoms with Gasteiger partial charge >= 0.3 is 6.03 Å². The number of carbonyl (C=O) groups excluding carboxylic acids is 1. The van der Waals surface area contributed by atoms with Crippen LogP contribution in [0.1, 0.15) is 33.6 Å². The van der Waals surface area contributed by atoms with Gasteiger partial charge in [-0.1, -0.05) is 48.9 Å². The molecule has 1 aliphatic heterocycles. The summed E-state index contributed by atoms with van der Waals surface area (Å²) in [5.74, 6) is 0. The molecule has 1 saturated heterocycles. The lowest BCUT2D eigenvalue weighted by molar-refractivity contribution is -0.0734. The zero-order valence-electron chi connectivity index (χ0n) is 14.0. The Labute approximate surface area is 157 Å². The maximum absolute atomic E-state index is 12.4. The number of amides is 2. The summed E-state index contributed by atoms with van der Waals surface area (Å²) >= 11 is 12.6. The molecule has 0 radical (unpaired) electrons. The van der Waals surface area contributed by atoms with Gasteiger partial charge in [-0.05, 0) is 44.5 Å². The van der Waals surface area contributed by atoms with Crippen LogP contribution in [0.3, 0.4) is 0 Å². The van der Waals surface area contributed by atoms with Gasteiger partial charge in [-0.25, -0.2) is 4.79 Å². The van der Waals surface area contributed by atoms with Gasteiger partial charge in [0, 0.05) is 17.3 Å². The molecule has 0 spiro atoms. The standard InChI is InChI=1S/C16H22ClN3O2S2/c1-4-5-10-19-15(23)24-13(16(19,2)3)20(22)14(21)18-12-8-6-11(17)7-9-12/h6-9,13,22H,4-5,10H2,1-3H3,(H,18,21)/t13-/m1/s1. The van der Waals surface area contributed by atoms with E-state index in [1.165, 1.54) is 11.8 Å². The number of hydrogen-bond acceptors (Lipinski definition) is 4. The van der Waals surface area contributed by atoms with Crippen LogP contribution in [0.5, 0.6) is 0 Å². The van der Waals surface area contributed by atoms with E-state index < -0.39 is 16.9 Å². The van der Waals surface area contributed by atoms with E-state index >= 15 is 0 Å². The van der Waals surface area contributed by atoms with Crippen LogP contribution in [0.15, 0.2) is 24.3 Å². The van der Waals surface area contributed by atoms with Gasteiger partial charge in [0.05, 0.1) is 5.54 Å². The number of unbranched alkanes of at least 4 members (excludes halogenated alkanes) is 1. The zero-order chi connectivity index (χ0) is 17.9. The van der Waals surface area contributed by atoms with Crippen molar-refractivity contribution in [2.45, 2.75) is 44.5 Å². The Hall–Kier alpha value is -1.02. The number of nitrogens with zero attached hydrogens (tertiary/aromatic N) is 2. The van der Waals surface area contributed by atoms with Crippen LogP contribution in [-0.4, -0.2) is 43.0 Å². The predicted octanol–water partition coefficient (Wildman–Crippen LogP) is 4.80. The molecular weight excluding hydrogens is 366 g/mol. The maximum Gasteiger partial charge on any atom is 0.346 e. The molecule has 1 atom stereocenters. The number of hydroxylamine groups is 2. The van der Waals surface area contributed by atoms with Crippen LogP contribution in [0.25, 0.3) is 0 Å². The van der Waals surface area contributed by atoms with Crippen molar-refractivity contribution in [3.05, 3.63) is 29.3 Å². The van der Waals surface area contributed by atoms with Crippen LogP contribution in [0.4, 0.5) is 10.5 Å². The van der Waals surface area contributed by atoms with E-state index in [0.717, 1.165) is 24.4 Å². The van der Waals surface area contributed by atoms with Gasteiger partial charge in [-0.2, -0.15) is 5.06 Å². The highest BCUT2D eigenvalue weighted by Gasteiger charge is 2.49. The maximum atomic E-state index is 12.4. The van der Waals surface area contributed by atoms with Crippen molar-refractivity contribution in [1.82, 2.24) is 9.96 Å². The molecule has 1 aliphatic rings. The molecule has 2 rings (SSSR count). The SMILES string of the molecule is CCCCN1C(=S)S[C@@H](N(O)C(=O)Nc2ccc(Cl)cc2)C1(C)C. The monoisotopic (exact) mass is 387 g/mol. The molecule has 0 unspecified atom stereocenters. The fourth-order valence-corrected chi connectivity index (χ4v) is 4.52. The lowest BCUT2D eigenvalue weighted by Gasteiger charge is -2.38. The summed E-state index contributed by atoms with van der Waals surface area (Å²) < 4.78 is 0.705. The van der Waals surface area contributed by atoms with E-state index in [-0.39, 0.29) is 0 Å². The largest absolute Gasteiger partial charge is 0.349 e. The first kappa shape index (κ1) is 19.3. The Morgan fingerprint density at radius 2 is 2.08 bits per heavy atom. The van der Waals surface area contributed by atoms with Crippen molar-refractivity contribution in [3.8, 4) is 0 Å². The number of nitrogens with one attached hydrogen (secondary N) is 1. The highest BCUT2D eigenvalue weighted by molar-refractivity contribution is 8.23. The van der Waals surface area contributed by atoms with Crippen molar-refractivity contribution >= 4 is 51.6 Å². The minimum Gasteiger partial charge on any atom is -0.349 e. The van der Waals surface area contributed by atoms with Crippen molar-refractivity contribution < 1.29 is 10.0 Å². The van der Waals surface area contributed by atoms with Crippen molar-refractivity contribution in [2.75, 3.05) is 11.9 Å². The molecule has 24 heavy (non-hydrogen) atoms. The number of rotatable bonds is 5. The van der Waals surface area contributed by atoms with E-state index in [1.54, 1.807) is 24.3 Å². The van der Waals surface area contributed by atoms with Gasteiger partial charge in [-0.3, -0.25) is 5.21 Å². The van der Waals surface area contributed by atoms with Crippen molar-refractivity contribution in [3.63, 3.8) is 0 Å². The number of anilines is 1. The minimum absolute atomic E-state index is 0.455. The van der Waals surface area contributed by atoms with E-state index in [9.17, 15) is 10.0 Å². The molecule has 0 saturated carbocycles. The van der Waals surface area contributed by atoms with Gasteiger partial charge in [0.2, 0.25) is 0 Å². The van der Waals surface area contributed by atoms with Crippen LogP contribution in [-0.2, 0) is 0 Å². The normalized spacial score (nSPS) is 19.5. The van der Waals surface area contributed by atoms with Crippen LogP contribution in [0, 0.1) is 0 Å². The molecule has 1 fully saturated rings. The molecule has 1 heterocycles. The molecule has 8 heteroatoms. The molecule has 2 amide bonds. The first-order chi connectivity index (χ1) is 11.3. The number of hydrogen-bond donors (Lipinski definition) is 2. The fourth-order valence-electron chi connectivity index (χ4n) is 2.54. The first-order valence-corrected chi connectivity index (χ1v) is 9.47. The van der Waals surface area contributed by atoms with Gasteiger partial charge in [0.25, 0.3) is 0 Å². The number of carbonyl (C=O) groups is 1. The number of benzene rings is 1. The van der Waals surface area contributed by atoms with Crippen molar-refractivity contribution in [1.29, 1.82) is 0 Å². The summed E-state index contributed by atoms with van der Waals surface area (Å²) in [4.78, 5) is 14.4. The molecule has 2 N–H and O–H groups in total. The van der Waals surface area contributed by atoms with Gasteiger partial charge < -0.3 is 10.2 Å². The second-order valence-electron chi connectivity index (χ2n) is 6.18. The second kappa shape index (κ2) is 7.91. The zero-order valence-corrected chi connectivity index (χ0v) is 16.3. The average molecular weight is 388 g/mol. The number of thioether (sulfide) groups is 1. The van der Waals surface area contributed by atoms with E-state index in [0.29, 0.717) is 15.0 Å². The highest BCUT2D eigenvalue weighted by Crippen LogP contribution is 2.41. The fraction of sp³-hybridized carbons (Fsp3) is 0.500. The predicted molar refractivity (Wildman–Crippen MR) is 104 cm³/mol. The third-order valence-electron chi connectivity index (χ3n) is 3.99. The molecule has 1 aromatic carbocycles. The summed E-state index contributed by atoms with van der Waals surface area (Å²) in [5.41, 5.74) is 0.109. The van der Waals surface area contributed by atoms with E-state index in [4.69, 9.17) is 23.8 Å². The summed E-state index contributed by atoms with van der Waals surface area (Å²) in [5, 5.41) is 13.9. The highest BCUT2D eigenvalue weighted by atomic mass is 35.5. The third kappa shape index (κ3) is 4.14. The van der Waals surface area contributed by atoms with Gasteiger partial charge in [0.15, 0.2) is 0 Å². The summed E-state index contributed by atoms with van der Waals surface area (Å²) in [6.45, 7) is 6.91. The molecular formula is C16H22ClN3O2S2. The Bertz CT molecular complexity index is 610. The van der Waals surface area contributed by atoms with E-state index in [2.05, 4.69) is 17.1 Å². The van der Waals surface area contributed by atoms with Crippen LogP contribution >= 0.6 is 35.6 Å². The van der Waals surface area contributed by atoms with Crippen LogP contribution in [0.2, 0.25) is 5.02 Å². The number of halogens is 1. The molecule has 0 aromatic heterocycles. The van der Waals surface area contributed by atoms with E-state index in [1.807, 2.05) is 13.8 Å². The smallest absolute Gasteiger partial charge is 0.346 e. The van der Waals surface area contributed by atoms with Gasteiger partial charge in [0.1, 0.15) is 9.69 Å².